The van der Waals surface area contributed by atoms with Gasteiger partial charge in [-0.25, -0.2) is 0 Å². The van der Waals surface area contributed by atoms with Gasteiger partial charge < -0.3 is 14.8 Å². The topological polar surface area (TPSA) is 30.5 Å². The highest BCUT2D eigenvalue weighted by Crippen LogP contribution is 2.34. The van der Waals surface area contributed by atoms with Crippen LogP contribution in [0.5, 0.6) is 11.5 Å². The van der Waals surface area contributed by atoms with Crippen LogP contribution < -0.4 is 14.8 Å². The zero-order valence-corrected chi connectivity index (χ0v) is 12.9. The summed E-state index contributed by atoms with van der Waals surface area (Å²) in [5.41, 5.74) is 5.42. The fourth-order valence-corrected chi connectivity index (χ4v) is 3.32. The number of fused-ring (bicyclic) bond motifs is 2. The van der Waals surface area contributed by atoms with Crippen molar-refractivity contribution in [1.82, 2.24) is 0 Å². The van der Waals surface area contributed by atoms with Crippen molar-refractivity contribution >= 4 is 5.69 Å². The van der Waals surface area contributed by atoms with Gasteiger partial charge in [-0.05, 0) is 67.1 Å². The number of nitrogens with one attached hydrogen (secondary N) is 1. The van der Waals surface area contributed by atoms with Crippen molar-refractivity contribution in [1.29, 1.82) is 0 Å². The van der Waals surface area contributed by atoms with Crippen LogP contribution in [0.1, 0.15) is 36.1 Å². The van der Waals surface area contributed by atoms with Crippen LogP contribution in [0.15, 0.2) is 36.4 Å². The zero-order valence-electron chi connectivity index (χ0n) is 12.9. The lowest BCUT2D eigenvalue weighted by molar-refractivity contribution is 0.171. The summed E-state index contributed by atoms with van der Waals surface area (Å²) >= 11 is 0. The lowest BCUT2D eigenvalue weighted by Crippen LogP contribution is -2.16. The molecule has 0 spiro atoms. The highest BCUT2D eigenvalue weighted by atomic mass is 16.6. The molecule has 4 rings (SSSR count). The molecule has 3 heteroatoms. The molecule has 0 fully saturated rings. The van der Waals surface area contributed by atoms with Gasteiger partial charge in [-0.15, -0.1) is 0 Å². The first-order valence-corrected chi connectivity index (χ1v) is 8.07. The summed E-state index contributed by atoms with van der Waals surface area (Å²) < 4.78 is 11.3. The molecule has 22 heavy (non-hydrogen) atoms. The van der Waals surface area contributed by atoms with E-state index in [0.717, 1.165) is 11.5 Å². The number of benzene rings is 2. The summed E-state index contributed by atoms with van der Waals surface area (Å²) in [6, 6.07) is 13.2. The van der Waals surface area contributed by atoms with Crippen LogP contribution in [0.2, 0.25) is 0 Å². The van der Waals surface area contributed by atoms with Crippen LogP contribution in [0.3, 0.4) is 0 Å². The summed E-state index contributed by atoms with van der Waals surface area (Å²) in [6.45, 7) is 3.44. The minimum absolute atomic E-state index is 0.232. The Balaban J connectivity index is 1.53. The van der Waals surface area contributed by atoms with Gasteiger partial charge in [0.15, 0.2) is 11.5 Å². The van der Waals surface area contributed by atoms with Gasteiger partial charge in [0, 0.05) is 11.7 Å². The monoisotopic (exact) mass is 295 g/mol. The third kappa shape index (κ3) is 2.52. The van der Waals surface area contributed by atoms with Crippen molar-refractivity contribution in [2.75, 3.05) is 18.5 Å². The van der Waals surface area contributed by atoms with E-state index in [2.05, 4.69) is 42.6 Å². The van der Waals surface area contributed by atoms with E-state index in [1.165, 1.54) is 41.6 Å². The van der Waals surface area contributed by atoms with Gasteiger partial charge in [-0.3, -0.25) is 0 Å². The fourth-order valence-electron chi connectivity index (χ4n) is 3.32. The zero-order chi connectivity index (χ0) is 14.9. The summed E-state index contributed by atoms with van der Waals surface area (Å²) in [5, 5.41) is 3.60. The van der Waals surface area contributed by atoms with E-state index in [1.54, 1.807) is 0 Å². The molecule has 3 nitrogen and oxygen atoms in total. The Bertz CT molecular complexity index is 696. The summed E-state index contributed by atoms with van der Waals surface area (Å²) in [6.07, 6.45) is 3.73. The van der Waals surface area contributed by atoms with Crippen LogP contribution in [-0.4, -0.2) is 13.2 Å². The Labute approximate surface area is 131 Å². The second-order valence-electron chi connectivity index (χ2n) is 6.11. The number of hydrogen-bond donors (Lipinski definition) is 1. The van der Waals surface area contributed by atoms with Gasteiger partial charge in [0.1, 0.15) is 13.2 Å². The molecule has 0 bridgehead atoms. The number of hydrogen-bond acceptors (Lipinski definition) is 3. The summed E-state index contributed by atoms with van der Waals surface area (Å²) in [7, 11) is 0. The van der Waals surface area contributed by atoms with Gasteiger partial charge in [0.2, 0.25) is 0 Å². The molecular weight excluding hydrogens is 274 g/mol. The molecule has 1 aliphatic heterocycles. The summed E-state index contributed by atoms with van der Waals surface area (Å²) in [5.74, 6) is 1.70. The maximum Gasteiger partial charge on any atom is 0.161 e. The van der Waals surface area contributed by atoms with E-state index in [0.29, 0.717) is 13.2 Å². The molecule has 0 radical (unpaired) electrons. The number of anilines is 1. The van der Waals surface area contributed by atoms with E-state index >= 15 is 0 Å². The molecule has 0 aromatic heterocycles. The molecular formula is C19H21NO2. The van der Waals surface area contributed by atoms with E-state index in [9.17, 15) is 0 Å². The molecule has 1 N–H and O–H groups in total. The van der Waals surface area contributed by atoms with Crippen molar-refractivity contribution in [3.8, 4) is 11.5 Å². The van der Waals surface area contributed by atoms with Gasteiger partial charge in [0.05, 0.1) is 0 Å². The Morgan fingerprint density at radius 2 is 1.73 bits per heavy atom. The molecule has 0 saturated carbocycles. The van der Waals surface area contributed by atoms with Crippen molar-refractivity contribution in [3.05, 3.63) is 53.1 Å². The van der Waals surface area contributed by atoms with Gasteiger partial charge in [0.25, 0.3) is 0 Å². The highest BCUT2D eigenvalue weighted by Gasteiger charge is 2.15. The third-order valence-electron chi connectivity index (χ3n) is 4.55. The highest BCUT2D eigenvalue weighted by molar-refractivity contribution is 5.52. The van der Waals surface area contributed by atoms with Crippen LogP contribution in [-0.2, 0) is 12.8 Å². The van der Waals surface area contributed by atoms with Crippen LogP contribution >= 0.6 is 0 Å². The van der Waals surface area contributed by atoms with E-state index < -0.39 is 0 Å². The van der Waals surface area contributed by atoms with E-state index in [1.807, 2.05) is 6.07 Å². The van der Waals surface area contributed by atoms with Gasteiger partial charge in [-0.2, -0.15) is 0 Å². The van der Waals surface area contributed by atoms with Crippen LogP contribution in [0.25, 0.3) is 0 Å². The van der Waals surface area contributed by atoms with E-state index in [-0.39, 0.29) is 6.04 Å². The van der Waals surface area contributed by atoms with E-state index in [4.69, 9.17) is 9.47 Å². The Morgan fingerprint density at radius 1 is 0.909 bits per heavy atom. The first-order valence-electron chi connectivity index (χ1n) is 8.07. The van der Waals surface area contributed by atoms with Crippen molar-refractivity contribution in [2.45, 2.75) is 32.2 Å². The molecule has 1 aliphatic carbocycles. The molecule has 1 unspecified atom stereocenters. The maximum atomic E-state index is 5.67. The molecule has 114 valence electrons. The molecule has 2 aliphatic rings. The maximum absolute atomic E-state index is 5.67. The average molecular weight is 295 g/mol. The molecule has 2 aromatic rings. The molecule has 0 amide bonds. The summed E-state index contributed by atoms with van der Waals surface area (Å²) in [4.78, 5) is 0. The molecule has 2 aromatic carbocycles. The Kier molecular flexibility index (Phi) is 3.41. The van der Waals surface area contributed by atoms with Crippen molar-refractivity contribution < 1.29 is 9.47 Å². The minimum atomic E-state index is 0.232. The number of rotatable bonds is 3. The van der Waals surface area contributed by atoms with Crippen molar-refractivity contribution in [2.24, 2.45) is 0 Å². The largest absolute Gasteiger partial charge is 0.486 e. The lowest BCUT2D eigenvalue weighted by Gasteiger charge is -2.21. The van der Waals surface area contributed by atoms with Crippen LogP contribution in [0, 0.1) is 0 Å². The Hall–Kier alpha value is -2.16. The molecule has 0 saturated heterocycles. The standard InChI is InChI=1S/C19H21NO2/c1-13(15-6-8-18-19(12-15)22-10-9-21-18)20-17-7-5-14-3-2-4-16(14)11-17/h5-8,11-13,20H,2-4,9-10H2,1H3. The van der Waals surface area contributed by atoms with Crippen molar-refractivity contribution in [3.63, 3.8) is 0 Å². The predicted molar refractivity (Wildman–Crippen MR) is 87.9 cm³/mol. The van der Waals surface area contributed by atoms with Crippen LogP contribution in [0.4, 0.5) is 5.69 Å². The van der Waals surface area contributed by atoms with Gasteiger partial charge in [-0.1, -0.05) is 12.1 Å². The quantitative estimate of drug-likeness (QED) is 0.924. The first kappa shape index (κ1) is 13.5. The number of ether oxygens (including phenoxy) is 2. The third-order valence-corrected chi connectivity index (χ3v) is 4.55. The normalized spacial score (nSPS) is 17.0. The smallest absolute Gasteiger partial charge is 0.161 e. The second kappa shape index (κ2) is 5.56. The Morgan fingerprint density at radius 3 is 2.64 bits per heavy atom. The first-order chi connectivity index (χ1) is 10.8. The minimum Gasteiger partial charge on any atom is -0.486 e. The molecule has 1 atom stereocenters. The number of aryl methyl sites for hydroxylation is 2. The average Bonchev–Trinajstić information content (AvgIpc) is 3.02. The SMILES string of the molecule is CC(Nc1ccc2c(c1)CCC2)c1ccc2c(c1)OCCO2. The second-order valence-corrected chi connectivity index (χ2v) is 6.11. The molecule has 1 heterocycles. The lowest BCUT2D eigenvalue weighted by atomic mass is 10.1. The van der Waals surface area contributed by atoms with Gasteiger partial charge >= 0.3 is 0 Å². The fraction of sp³-hybridized carbons (Fsp3) is 0.368. The predicted octanol–water partition coefficient (Wildman–Crippen LogP) is 4.12.